The summed E-state index contributed by atoms with van der Waals surface area (Å²) in [6.45, 7) is 31.2. The highest BCUT2D eigenvalue weighted by atomic mass is 28.4. The molecule has 0 atom stereocenters. The molecule has 41 heavy (non-hydrogen) atoms. The normalized spacial score (nSPS) is 13.5. The van der Waals surface area contributed by atoms with E-state index >= 15 is 0 Å². The molecule has 0 saturated heterocycles. The zero-order valence-corrected chi connectivity index (χ0v) is 34.5. The minimum Gasteiger partial charge on any atom is -0.427 e. The highest BCUT2D eigenvalue weighted by molar-refractivity contribution is 6.70. The van der Waals surface area contributed by atoms with E-state index in [1.165, 1.54) is 12.1 Å². The Balaban J connectivity index is 0. The van der Waals surface area contributed by atoms with Crippen LogP contribution in [0.5, 0.6) is 0 Å². The summed E-state index contributed by atoms with van der Waals surface area (Å²) in [5.41, 5.74) is 11.2. The Hall–Kier alpha value is 0.468. The van der Waals surface area contributed by atoms with Crippen molar-refractivity contribution in [2.24, 2.45) is 11.5 Å². The van der Waals surface area contributed by atoms with Crippen LogP contribution in [0.1, 0.15) is 75.2 Å². The maximum absolute atomic E-state index is 6.86. The molecule has 0 aliphatic carbocycles. The Morgan fingerprint density at radius 2 is 0.732 bits per heavy atom. The van der Waals surface area contributed by atoms with Crippen molar-refractivity contribution in [1.82, 2.24) is 27.4 Å². The van der Waals surface area contributed by atoms with Crippen LogP contribution in [-0.2, 0) is 8.23 Å². The summed E-state index contributed by atoms with van der Waals surface area (Å²) in [4.78, 5) is 0. The first kappa shape index (κ1) is 43.6. The van der Waals surface area contributed by atoms with E-state index in [1.807, 2.05) is 0 Å². The van der Waals surface area contributed by atoms with Crippen LogP contribution in [0.15, 0.2) is 0 Å². The van der Waals surface area contributed by atoms with Gasteiger partial charge in [-0.1, -0.05) is 62.3 Å². The quantitative estimate of drug-likeness (QED) is 0.111. The molecule has 0 unspecified atom stereocenters. The largest absolute Gasteiger partial charge is 0.437 e. The van der Waals surface area contributed by atoms with Gasteiger partial charge < -0.3 is 19.7 Å². The third kappa shape index (κ3) is 12.8. The summed E-state index contributed by atoms with van der Waals surface area (Å²) >= 11 is 0. The second-order valence-electron chi connectivity index (χ2n) is 10.4. The van der Waals surface area contributed by atoms with Crippen molar-refractivity contribution in [3.05, 3.63) is 0 Å². The van der Waals surface area contributed by atoms with E-state index in [-0.39, 0.29) is 0 Å². The molecule has 0 spiro atoms. The third-order valence-electron chi connectivity index (χ3n) is 8.23. The Morgan fingerprint density at radius 1 is 0.463 bits per heavy atom. The summed E-state index contributed by atoms with van der Waals surface area (Å²) in [6.07, 6.45) is 2.20. The zero-order chi connectivity index (χ0) is 31.9. The van der Waals surface area contributed by atoms with Gasteiger partial charge in [0.05, 0.1) is 0 Å². The summed E-state index contributed by atoms with van der Waals surface area (Å²) < 4.78 is 28.6. The fourth-order valence-electron chi connectivity index (χ4n) is 5.51. The molecule has 4 N–H and O–H groups in total. The van der Waals surface area contributed by atoms with Crippen LogP contribution in [0.2, 0.25) is 12.1 Å². The van der Waals surface area contributed by atoms with Gasteiger partial charge in [0.2, 0.25) is 0 Å². The molecule has 0 bridgehead atoms. The minimum absolute atomic E-state index is 0.503. The van der Waals surface area contributed by atoms with Crippen molar-refractivity contribution in [3.8, 4) is 0 Å². The Kier molecular flexibility index (Phi) is 27.4. The molecule has 0 amide bonds. The second-order valence-corrected chi connectivity index (χ2v) is 21.4. The molecule has 0 saturated carbocycles. The van der Waals surface area contributed by atoms with Gasteiger partial charge in [0.15, 0.2) is 19.5 Å². The molecule has 10 nitrogen and oxygen atoms in total. The maximum Gasteiger partial charge on any atom is 0.437 e. The second kappa shape index (κ2) is 25.8. The first-order valence-corrected chi connectivity index (χ1v) is 23.3. The van der Waals surface area contributed by atoms with Crippen LogP contribution in [0.3, 0.4) is 0 Å². The van der Waals surface area contributed by atoms with Crippen molar-refractivity contribution in [2.45, 2.75) is 87.2 Å². The van der Waals surface area contributed by atoms with Crippen molar-refractivity contribution < 1.29 is 8.23 Å². The van der Waals surface area contributed by atoms with Gasteiger partial charge >= 0.3 is 17.6 Å². The molecule has 14 heteroatoms. The maximum atomic E-state index is 6.86. The molecular weight excluding hydrogens is 581 g/mol. The smallest absolute Gasteiger partial charge is 0.427 e. The molecule has 0 heterocycles. The van der Waals surface area contributed by atoms with Crippen molar-refractivity contribution in [3.63, 3.8) is 0 Å². The van der Waals surface area contributed by atoms with Crippen LogP contribution < -0.4 is 11.5 Å². The van der Waals surface area contributed by atoms with E-state index in [1.54, 1.807) is 0 Å². The molecule has 250 valence electrons. The lowest BCUT2D eigenvalue weighted by Gasteiger charge is -2.51. The van der Waals surface area contributed by atoms with E-state index in [0.717, 1.165) is 84.8 Å². The van der Waals surface area contributed by atoms with Gasteiger partial charge in [0.25, 0.3) is 0 Å². The van der Waals surface area contributed by atoms with E-state index < -0.39 is 37.1 Å². The van der Waals surface area contributed by atoms with Gasteiger partial charge in [0, 0.05) is 0 Å². The Morgan fingerprint density at radius 3 is 0.951 bits per heavy atom. The number of nitrogens with two attached hydrogens (primary N) is 2. The summed E-state index contributed by atoms with van der Waals surface area (Å²) in [7, 11) is 1.21. The average Bonchev–Trinajstić information content (AvgIpc) is 3.00. The van der Waals surface area contributed by atoms with Gasteiger partial charge in [-0.15, -0.1) is 0 Å². The molecule has 0 fully saturated rings. The van der Waals surface area contributed by atoms with Gasteiger partial charge in [-0.25, -0.2) is 0 Å². The number of rotatable bonds is 25. The molecule has 0 rings (SSSR count). The van der Waals surface area contributed by atoms with Crippen molar-refractivity contribution in [1.29, 1.82) is 0 Å². The third-order valence-corrected chi connectivity index (χ3v) is 22.8. The van der Waals surface area contributed by atoms with Crippen LogP contribution >= 0.6 is 0 Å². The highest BCUT2D eigenvalue weighted by Crippen LogP contribution is 2.22. The first-order valence-electron chi connectivity index (χ1n) is 16.7. The molecule has 0 aliphatic rings. The van der Waals surface area contributed by atoms with E-state index in [9.17, 15) is 0 Å². The SMILES string of the molecule is CCN(C)[Si](O[SiH2]CCCN)(N(C)CC)N(C)CC.CCN(CC)[Si](O[SiH2]CCCN)(N(CC)CC)N(CC)CC. The van der Waals surface area contributed by atoms with E-state index in [2.05, 4.69) is 111 Å². The average molecular weight is 655 g/mol. The summed E-state index contributed by atoms with van der Waals surface area (Å²) in [6, 6.07) is 2.37. The van der Waals surface area contributed by atoms with Gasteiger partial charge in [0.1, 0.15) is 0 Å². The molecule has 0 aromatic rings. The van der Waals surface area contributed by atoms with E-state index in [4.69, 9.17) is 19.7 Å². The Labute approximate surface area is 264 Å². The Bertz CT molecular complexity index is 534. The zero-order valence-electron chi connectivity index (χ0n) is 29.7. The highest BCUT2D eigenvalue weighted by Gasteiger charge is 2.51. The topological polar surface area (TPSA) is 89.9 Å². The van der Waals surface area contributed by atoms with Crippen LogP contribution in [0, 0.1) is 0 Å². The lowest BCUT2D eigenvalue weighted by atomic mass is 10.5. The fraction of sp³-hybridized carbons (Fsp3) is 1.00. The van der Waals surface area contributed by atoms with Crippen LogP contribution in [-0.4, -0.2) is 158 Å². The summed E-state index contributed by atoms with van der Waals surface area (Å²) in [5, 5.41) is 0. The first-order chi connectivity index (χ1) is 19.6. The number of hydrogen-bond donors (Lipinski definition) is 2. The predicted octanol–water partition coefficient (Wildman–Crippen LogP) is 1.46. The lowest BCUT2D eigenvalue weighted by Crippen LogP contribution is -2.77. The van der Waals surface area contributed by atoms with Crippen molar-refractivity contribution in [2.75, 3.05) is 93.1 Å². The fourth-order valence-corrected chi connectivity index (χ4v) is 21.3. The van der Waals surface area contributed by atoms with E-state index in [0.29, 0.717) is 0 Å². The van der Waals surface area contributed by atoms with Crippen LogP contribution in [0.4, 0.5) is 0 Å². The van der Waals surface area contributed by atoms with Gasteiger partial charge in [-0.05, 0) is 118 Å². The molecule has 0 radical (unpaired) electrons. The minimum atomic E-state index is -2.21. The molecule has 0 aliphatic heterocycles. The summed E-state index contributed by atoms with van der Waals surface area (Å²) in [5.74, 6) is 0. The molecule has 0 aromatic carbocycles. The number of nitrogens with zero attached hydrogens (tertiary/aromatic N) is 6. The molecule has 0 aromatic heterocycles. The predicted molar refractivity (Wildman–Crippen MR) is 191 cm³/mol. The van der Waals surface area contributed by atoms with Crippen molar-refractivity contribution >= 4 is 37.1 Å². The standard InChI is InChI=1S/C15H40N4OSi2.C12H34N4OSi2/c1-7-17(8-2)22(18(9-3)10-4,19(11-5)12-6)20-21-15-13-14-16;1-7-14(4)19(15(5)8-2,16(6)9-3)17-18-12-10-11-13/h7-16,21H2,1-6H3;7-13,18H2,1-6H3. The van der Waals surface area contributed by atoms with Gasteiger partial charge in [-0.2, -0.15) is 0 Å². The number of hydrogen-bond acceptors (Lipinski definition) is 10. The monoisotopic (exact) mass is 655 g/mol. The van der Waals surface area contributed by atoms with Gasteiger partial charge in [-0.3, -0.25) is 27.4 Å². The molecular formula is C27H74N8O2Si4. The van der Waals surface area contributed by atoms with Crippen LogP contribution in [0.25, 0.3) is 0 Å². The lowest BCUT2D eigenvalue weighted by molar-refractivity contribution is 0.184.